The van der Waals surface area contributed by atoms with Crippen LogP contribution in [0.25, 0.3) is 10.9 Å². The van der Waals surface area contributed by atoms with Crippen molar-refractivity contribution in [1.29, 1.82) is 0 Å². The number of pyridine rings is 1. The Morgan fingerprint density at radius 1 is 1.40 bits per heavy atom. The molecule has 2 N–H and O–H groups in total. The molecule has 1 unspecified atom stereocenters. The summed E-state index contributed by atoms with van der Waals surface area (Å²) in [6.45, 7) is 2.82. The quantitative estimate of drug-likeness (QED) is 0.808. The van der Waals surface area contributed by atoms with Crippen molar-refractivity contribution in [2.75, 3.05) is 19.6 Å². The van der Waals surface area contributed by atoms with Gasteiger partial charge >= 0.3 is 0 Å². The van der Waals surface area contributed by atoms with E-state index in [1.165, 1.54) is 0 Å². The standard InChI is InChI=1S/C18H18ClN3O3/c1-10-13(4-11-2-3-12(19)5-14(11)21-10)17(25)22-8-18(9-22)6-16(24)20-7-15(18)23/h2-5,15,23H,6-9H2,1H3,(H,20,24). The summed E-state index contributed by atoms with van der Waals surface area (Å²) in [5.74, 6) is -0.191. The summed E-state index contributed by atoms with van der Waals surface area (Å²) >= 11 is 5.99. The van der Waals surface area contributed by atoms with Crippen LogP contribution in [0.15, 0.2) is 24.3 Å². The molecule has 2 fully saturated rings. The maximum atomic E-state index is 12.9. The minimum absolute atomic E-state index is 0.0715. The number of carbonyl (C=O) groups is 2. The number of carbonyl (C=O) groups excluding carboxylic acids is 2. The van der Waals surface area contributed by atoms with Gasteiger partial charge in [-0.05, 0) is 25.1 Å². The normalized spacial score (nSPS) is 22.0. The lowest BCUT2D eigenvalue weighted by atomic mass is 9.70. The van der Waals surface area contributed by atoms with Gasteiger partial charge in [0.1, 0.15) is 0 Å². The van der Waals surface area contributed by atoms with Crippen LogP contribution in [0, 0.1) is 12.3 Å². The van der Waals surface area contributed by atoms with Crippen molar-refractivity contribution in [1.82, 2.24) is 15.2 Å². The fourth-order valence-electron chi connectivity index (χ4n) is 3.73. The number of likely N-dealkylation sites (tertiary alicyclic amines) is 1. The first kappa shape index (κ1) is 16.3. The highest BCUT2D eigenvalue weighted by Gasteiger charge is 2.53. The summed E-state index contributed by atoms with van der Waals surface area (Å²) in [4.78, 5) is 30.7. The van der Waals surface area contributed by atoms with E-state index in [0.717, 1.165) is 10.9 Å². The van der Waals surface area contributed by atoms with Crippen molar-refractivity contribution in [3.05, 3.63) is 40.5 Å². The van der Waals surface area contributed by atoms with E-state index in [4.69, 9.17) is 11.6 Å². The Labute approximate surface area is 149 Å². The number of aryl methyl sites for hydroxylation is 1. The predicted octanol–water partition coefficient (Wildman–Crippen LogP) is 1.52. The molecular formula is C18H18ClN3O3. The van der Waals surface area contributed by atoms with E-state index in [0.29, 0.717) is 29.4 Å². The Morgan fingerprint density at radius 2 is 2.16 bits per heavy atom. The van der Waals surface area contributed by atoms with Crippen LogP contribution in [-0.2, 0) is 4.79 Å². The van der Waals surface area contributed by atoms with Gasteiger partial charge < -0.3 is 15.3 Å². The zero-order valence-corrected chi connectivity index (χ0v) is 14.5. The third kappa shape index (κ3) is 2.65. The van der Waals surface area contributed by atoms with Gasteiger partial charge in [0.15, 0.2) is 0 Å². The summed E-state index contributed by atoms with van der Waals surface area (Å²) in [7, 11) is 0. The van der Waals surface area contributed by atoms with Crippen LogP contribution in [0.4, 0.5) is 0 Å². The van der Waals surface area contributed by atoms with E-state index in [1.54, 1.807) is 24.0 Å². The van der Waals surface area contributed by atoms with E-state index >= 15 is 0 Å². The maximum absolute atomic E-state index is 12.9. The first-order chi connectivity index (χ1) is 11.9. The van der Waals surface area contributed by atoms with Crippen molar-refractivity contribution in [2.24, 2.45) is 5.41 Å². The molecule has 2 aliphatic heterocycles. The molecule has 7 heteroatoms. The van der Waals surface area contributed by atoms with Gasteiger partial charge in [-0.2, -0.15) is 0 Å². The van der Waals surface area contributed by atoms with E-state index in [-0.39, 0.29) is 24.8 Å². The van der Waals surface area contributed by atoms with Gasteiger partial charge in [0, 0.05) is 41.9 Å². The molecule has 1 aromatic heterocycles. The van der Waals surface area contributed by atoms with Crippen LogP contribution in [0.3, 0.4) is 0 Å². The number of aromatic nitrogens is 1. The summed E-state index contributed by atoms with van der Waals surface area (Å²) in [6.07, 6.45) is -0.363. The van der Waals surface area contributed by atoms with Crippen LogP contribution in [-0.4, -0.2) is 52.5 Å². The number of piperidine rings is 1. The number of hydrogen-bond acceptors (Lipinski definition) is 4. The van der Waals surface area contributed by atoms with Crippen LogP contribution < -0.4 is 5.32 Å². The summed E-state index contributed by atoms with van der Waals surface area (Å²) in [6, 6.07) is 7.21. The van der Waals surface area contributed by atoms with Crippen molar-refractivity contribution in [2.45, 2.75) is 19.4 Å². The van der Waals surface area contributed by atoms with Gasteiger partial charge in [0.2, 0.25) is 5.91 Å². The lowest BCUT2D eigenvalue weighted by Crippen LogP contribution is -2.68. The highest BCUT2D eigenvalue weighted by atomic mass is 35.5. The van der Waals surface area contributed by atoms with Crippen LogP contribution in [0.2, 0.25) is 5.02 Å². The zero-order valence-electron chi connectivity index (χ0n) is 13.8. The summed E-state index contributed by atoms with van der Waals surface area (Å²) < 4.78 is 0. The Bertz CT molecular complexity index is 893. The van der Waals surface area contributed by atoms with Gasteiger partial charge in [-0.3, -0.25) is 14.6 Å². The number of hydrogen-bond donors (Lipinski definition) is 2. The van der Waals surface area contributed by atoms with Gasteiger partial charge in [-0.25, -0.2) is 0 Å². The molecule has 130 valence electrons. The third-order valence-electron chi connectivity index (χ3n) is 5.21. The SMILES string of the molecule is Cc1nc2cc(Cl)ccc2cc1C(=O)N1CC2(CC(=O)NCC2O)C1. The first-order valence-electron chi connectivity index (χ1n) is 8.19. The first-order valence-corrected chi connectivity index (χ1v) is 8.57. The van der Waals surface area contributed by atoms with Gasteiger partial charge in [0.05, 0.1) is 22.9 Å². The number of aliphatic hydroxyl groups excluding tert-OH is 1. The molecule has 25 heavy (non-hydrogen) atoms. The topological polar surface area (TPSA) is 82.5 Å². The molecule has 1 spiro atoms. The zero-order chi connectivity index (χ0) is 17.8. The molecule has 6 nitrogen and oxygen atoms in total. The van der Waals surface area contributed by atoms with Crippen LogP contribution in [0.1, 0.15) is 22.5 Å². The molecule has 4 rings (SSSR count). The number of halogens is 1. The number of benzene rings is 1. The number of nitrogens with zero attached hydrogens (tertiary/aromatic N) is 2. The third-order valence-corrected chi connectivity index (χ3v) is 5.45. The highest BCUT2D eigenvalue weighted by Crippen LogP contribution is 2.40. The van der Waals surface area contributed by atoms with Crippen molar-refractivity contribution in [3.63, 3.8) is 0 Å². The van der Waals surface area contributed by atoms with E-state index in [9.17, 15) is 14.7 Å². The fraction of sp³-hybridized carbons (Fsp3) is 0.389. The molecule has 0 saturated carbocycles. The molecule has 2 saturated heterocycles. The lowest BCUT2D eigenvalue weighted by molar-refractivity contribution is -0.143. The van der Waals surface area contributed by atoms with Crippen molar-refractivity contribution < 1.29 is 14.7 Å². The predicted molar refractivity (Wildman–Crippen MR) is 93.5 cm³/mol. The van der Waals surface area contributed by atoms with Crippen molar-refractivity contribution >= 4 is 34.3 Å². The smallest absolute Gasteiger partial charge is 0.255 e. The average Bonchev–Trinajstić information content (AvgIpc) is 2.53. The molecular weight excluding hydrogens is 342 g/mol. The minimum Gasteiger partial charge on any atom is -0.391 e. The Kier molecular flexibility index (Phi) is 3.70. The second-order valence-corrected chi connectivity index (χ2v) is 7.42. The Morgan fingerprint density at radius 3 is 2.92 bits per heavy atom. The Hall–Kier alpha value is -2.18. The molecule has 1 atom stereocenters. The number of rotatable bonds is 1. The second-order valence-electron chi connectivity index (χ2n) is 6.98. The lowest BCUT2D eigenvalue weighted by Gasteiger charge is -2.54. The molecule has 0 bridgehead atoms. The summed E-state index contributed by atoms with van der Waals surface area (Å²) in [5.41, 5.74) is 1.42. The van der Waals surface area contributed by atoms with Gasteiger partial charge in [-0.15, -0.1) is 0 Å². The largest absolute Gasteiger partial charge is 0.391 e. The number of β-amino-alcohol motifs (C(OH)–C–C–N with tert-alkyl or cyclic N) is 1. The second kappa shape index (κ2) is 5.68. The average molecular weight is 360 g/mol. The summed E-state index contributed by atoms with van der Waals surface area (Å²) in [5, 5.41) is 14.3. The Balaban J connectivity index is 1.58. The van der Waals surface area contributed by atoms with Crippen LogP contribution >= 0.6 is 11.6 Å². The monoisotopic (exact) mass is 359 g/mol. The van der Waals surface area contributed by atoms with E-state index in [1.807, 2.05) is 12.1 Å². The number of fused-ring (bicyclic) bond motifs is 1. The number of amides is 2. The van der Waals surface area contributed by atoms with Gasteiger partial charge in [0.25, 0.3) is 5.91 Å². The molecule has 3 heterocycles. The molecule has 2 aromatic rings. The molecule has 1 aromatic carbocycles. The van der Waals surface area contributed by atoms with E-state index < -0.39 is 11.5 Å². The number of nitrogens with one attached hydrogen (secondary N) is 1. The van der Waals surface area contributed by atoms with Crippen molar-refractivity contribution in [3.8, 4) is 0 Å². The highest BCUT2D eigenvalue weighted by molar-refractivity contribution is 6.31. The number of aliphatic hydroxyl groups is 1. The molecule has 0 aliphatic carbocycles. The van der Waals surface area contributed by atoms with Gasteiger partial charge in [-0.1, -0.05) is 17.7 Å². The maximum Gasteiger partial charge on any atom is 0.255 e. The molecule has 2 amide bonds. The molecule has 2 aliphatic rings. The van der Waals surface area contributed by atoms with E-state index in [2.05, 4.69) is 10.3 Å². The fourth-order valence-corrected chi connectivity index (χ4v) is 3.90. The minimum atomic E-state index is -0.618. The van der Waals surface area contributed by atoms with Crippen LogP contribution in [0.5, 0.6) is 0 Å². The molecule has 0 radical (unpaired) electrons.